The Morgan fingerprint density at radius 3 is 2.49 bits per heavy atom. The second kappa shape index (κ2) is 13.4. The number of anilines is 1. The summed E-state index contributed by atoms with van der Waals surface area (Å²) < 4.78 is 17.0. The van der Waals surface area contributed by atoms with E-state index in [1.807, 2.05) is 36.4 Å². The fourth-order valence-corrected chi connectivity index (χ4v) is 3.94. The van der Waals surface area contributed by atoms with Crippen LogP contribution in [0.1, 0.15) is 11.1 Å². The van der Waals surface area contributed by atoms with Gasteiger partial charge in [0.1, 0.15) is 5.75 Å². The topological polar surface area (TPSA) is 108 Å². The van der Waals surface area contributed by atoms with E-state index in [2.05, 4.69) is 31.4 Å². The van der Waals surface area contributed by atoms with Crippen molar-refractivity contribution in [3.05, 3.63) is 82.3 Å². The number of hydrogen-bond donors (Lipinski definition) is 2. The molecule has 0 aromatic heterocycles. The normalized spacial score (nSPS) is 11.3. The molecule has 0 bridgehead atoms. The predicted octanol–water partition coefficient (Wildman–Crippen LogP) is 5.07. The molecular formula is C25H25BrN4O4S. The van der Waals surface area contributed by atoms with Gasteiger partial charge in [0.05, 0.1) is 26.1 Å². The van der Waals surface area contributed by atoms with Crippen molar-refractivity contribution < 1.29 is 19.0 Å². The summed E-state index contributed by atoms with van der Waals surface area (Å²) in [6, 6.07) is 20.5. The Morgan fingerprint density at radius 2 is 1.74 bits per heavy atom. The summed E-state index contributed by atoms with van der Waals surface area (Å²) in [5.74, 6) is 1.77. The van der Waals surface area contributed by atoms with Gasteiger partial charge in [0.25, 0.3) is 5.91 Å². The number of thioether (sulfide) groups is 1. The van der Waals surface area contributed by atoms with Crippen LogP contribution in [0.5, 0.6) is 17.2 Å². The third-order valence-electron chi connectivity index (χ3n) is 4.61. The SMILES string of the molecule is COc1ccccc1NC(=O)COc1cc(Br)c(C=NN=C(N)SCc2ccccc2)cc1OC. The summed E-state index contributed by atoms with van der Waals surface area (Å²) in [7, 11) is 3.06. The van der Waals surface area contributed by atoms with Gasteiger partial charge in [-0.05, 0) is 45.8 Å². The van der Waals surface area contributed by atoms with Gasteiger partial charge < -0.3 is 25.3 Å². The minimum atomic E-state index is -0.337. The van der Waals surface area contributed by atoms with Crippen LogP contribution in [0.25, 0.3) is 0 Å². The summed E-state index contributed by atoms with van der Waals surface area (Å²) in [5.41, 5.74) is 8.36. The fraction of sp³-hybridized carbons (Fsp3) is 0.160. The molecule has 0 aliphatic rings. The molecular weight excluding hydrogens is 532 g/mol. The Kier molecular flexibility index (Phi) is 10.00. The van der Waals surface area contributed by atoms with Crippen LogP contribution in [0.2, 0.25) is 0 Å². The number of nitrogens with two attached hydrogens (primary N) is 1. The molecule has 0 aliphatic carbocycles. The molecule has 0 atom stereocenters. The second-order valence-electron chi connectivity index (χ2n) is 7.02. The molecule has 0 unspecified atom stereocenters. The number of methoxy groups -OCH3 is 2. The second-order valence-corrected chi connectivity index (χ2v) is 8.87. The molecule has 3 N–H and O–H groups in total. The van der Waals surface area contributed by atoms with Crippen LogP contribution < -0.4 is 25.3 Å². The van der Waals surface area contributed by atoms with Gasteiger partial charge in [0, 0.05) is 15.8 Å². The zero-order valence-corrected chi connectivity index (χ0v) is 21.6. The van der Waals surface area contributed by atoms with E-state index in [9.17, 15) is 4.79 Å². The number of amides is 1. The number of benzene rings is 3. The lowest BCUT2D eigenvalue weighted by atomic mass is 10.2. The number of nitrogens with zero attached hydrogens (tertiary/aromatic N) is 2. The van der Waals surface area contributed by atoms with Crippen molar-refractivity contribution in [2.24, 2.45) is 15.9 Å². The molecule has 0 saturated heterocycles. The third kappa shape index (κ3) is 8.04. The van der Waals surface area contributed by atoms with Gasteiger partial charge in [-0.15, -0.1) is 5.10 Å². The van der Waals surface area contributed by atoms with Crippen LogP contribution in [0, 0.1) is 0 Å². The van der Waals surface area contributed by atoms with E-state index in [1.165, 1.54) is 26.0 Å². The molecule has 0 radical (unpaired) electrons. The lowest BCUT2D eigenvalue weighted by Gasteiger charge is -2.13. The molecule has 3 aromatic rings. The Hall–Kier alpha value is -3.50. The summed E-state index contributed by atoms with van der Waals surface area (Å²) in [6.07, 6.45) is 1.56. The zero-order valence-electron chi connectivity index (χ0n) is 19.2. The maximum atomic E-state index is 12.4. The first-order valence-corrected chi connectivity index (χ1v) is 12.2. The first-order chi connectivity index (χ1) is 17.0. The fourth-order valence-electron chi connectivity index (χ4n) is 2.91. The van der Waals surface area contributed by atoms with E-state index < -0.39 is 0 Å². The molecule has 10 heteroatoms. The van der Waals surface area contributed by atoms with Crippen molar-refractivity contribution in [2.75, 3.05) is 26.1 Å². The molecule has 8 nitrogen and oxygen atoms in total. The van der Waals surface area contributed by atoms with Gasteiger partial charge in [-0.2, -0.15) is 5.10 Å². The molecule has 35 heavy (non-hydrogen) atoms. The van der Waals surface area contributed by atoms with Crippen LogP contribution >= 0.6 is 27.7 Å². The van der Waals surface area contributed by atoms with Crippen LogP contribution in [0.4, 0.5) is 5.69 Å². The lowest BCUT2D eigenvalue weighted by Crippen LogP contribution is -2.20. The molecule has 0 saturated carbocycles. The van der Waals surface area contributed by atoms with Crippen molar-refractivity contribution >= 4 is 50.7 Å². The average molecular weight is 557 g/mol. The molecule has 0 heterocycles. The van der Waals surface area contributed by atoms with Crippen molar-refractivity contribution in [3.8, 4) is 17.2 Å². The highest BCUT2D eigenvalue weighted by atomic mass is 79.9. The van der Waals surface area contributed by atoms with Gasteiger partial charge in [-0.3, -0.25) is 4.79 Å². The molecule has 3 aromatic carbocycles. The van der Waals surface area contributed by atoms with Gasteiger partial charge in [0.2, 0.25) is 0 Å². The molecule has 0 spiro atoms. The minimum absolute atomic E-state index is 0.215. The molecule has 182 valence electrons. The number of para-hydroxylation sites is 2. The number of hydrogen-bond acceptors (Lipinski definition) is 7. The van der Waals surface area contributed by atoms with Gasteiger partial charge in [-0.25, -0.2) is 0 Å². The van der Waals surface area contributed by atoms with Crippen LogP contribution in [0.15, 0.2) is 81.4 Å². The van der Waals surface area contributed by atoms with Gasteiger partial charge in [0.15, 0.2) is 23.3 Å². The highest BCUT2D eigenvalue weighted by Crippen LogP contribution is 2.33. The molecule has 0 fully saturated rings. The number of ether oxygens (including phenoxy) is 3. The summed E-state index contributed by atoms with van der Waals surface area (Å²) in [4.78, 5) is 12.4. The van der Waals surface area contributed by atoms with Crippen molar-refractivity contribution in [1.29, 1.82) is 0 Å². The zero-order chi connectivity index (χ0) is 25.0. The quantitative estimate of drug-likeness (QED) is 0.205. The minimum Gasteiger partial charge on any atom is -0.495 e. The predicted molar refractivity (Wildman–Crippen MR) is 145 cm³/mol. The van der Waals surface area contributed by atoms with E-state index in [-0.39, 0.29) is 12.5 Å². The summed E-state index contributed by atoms with van der Waals surface area (Å²) >= 11 is 4.89. The standard InChI is InChI=1S/C25H25BrN4O4S/c1-32-21-11-7-6-10-20(21)29-24(31)15-34-23-13-19(26)18(12-22(23)33-2)14-28-30-25(27)35-16-17-8-4-3-5-9-17/h3-14H,15-16H2,1-2H3,(H2,27,30)(H,29,31). The number of carbonyl (C=O) groups excluding carboxylic acids is 1. The van der Waals surface area contributed by atoms with Crippen LogP contribution in [-0.2, 0) is 10.5 Å². The number of rotatable bonds is 10. The number of halogens is 1. The maximum Gasteiger partial charge on any atom is 0.262 e. The highest BCUT2D eigenvalue weighted by Gasteiger charge is 2.13. The first kappa shape index (κ1) is 26.1. The smallest absolute Gasteiger partial charge is 0.262 e. The van der Waals surface area contributed by atoms with Crippen molar-refractivity contribution in [2.45, 2.75) is 5.75 Å². The molecule has 0 aliphatic heterocycles. The molecule has 1 amide bonds. The Balaban J connectivity index is 1.60. The van der Waals surface area contributed by atoms with Crippen LogP contribution in [-0.4, -0.2) is 38.1 Å². The number of amidine groups is 1. The summed E-state index contributed by atoms with van der Waals surface area (Å²) in [6.45, 7) is -0.215. The largest absolute Gasteiger partial charge is 0.495 e. The van der Waals surface area contributed by atoms with E-state index in [1.54, 1.807) is 36.5 Å². The van der Waals surface area contributed by atoms with E-state index >= 15 is 0 Å². The average Bonchev–Trinajstić information content (AvgIpc) is 2.88. The maximum absolute atomic E-state index is 12.4. The van der Waals surface area contributed by atoms with Crippen LogP contribution in [0.3, 0.4) is 0 Å². The van der Waals surface area contributed by atoms with E-state index in [0.29, 0.717) is 43.9 Å². The van der Waals surface area contributed by atoms with Gasteiger partial charge in [-0.1, -0.05) is 54.2 Å². The Morgan fingerprint density at radius 1 is 1.03 bits per heavy atom. The van der Waals surface area contributed by atoms with E-state index in [0.717, 1.165) is 5.56 Å². The monoisotopic (exact) mass is 556 g/mol. The van der Waals surface area contributed by atoms with Crippen molar-refractivity contribution in [3.63, 3.8) is 0 Å². The molecule has 3 rings (SSSR count). The van der Waals surface area contributed by atoms with Crippen molar-refractivity contribution in [1.82, 2.24) is 0 Å². The number of carbonyl (C=O) groups is 1. The number of nitrogens with one attached hydrogen (secondary N) is 1. The summed E-state index contributed by atoms with van der Waals surface area (Å²) in [5, 5.41) is 11.2. The Bertz CT molecular complexity index is 1210. The third-order valence-corrected chi connectivity index (χ3v) is 6.15. The first-order valence-electron chi connectivity index (χ1n) is 10.5. The lowest BCUT2D eigenvalue weighted by molar-refractivity contribution is -0.118. The Labute approximate surface area is 216 Å². The highest BCUT2D eigenvalue weighted by molar-refractivity contribution is 9.10. The van der Waals surface area contributed by atoms with Gasteiger partial charge >= 0.3 is 0 Å². The van der Waals surface area contributed by atoms with E-state index in [4.69, 9.17) is 19.9 Å².